The van der Waals surface area contributed by atoms with E-state index in [1.54, 1.807) is 61.7 Å². The van der Waals surface area contributed by atoms with Crippen molar-refractivity contribution in [1.82, 2.24) is 0 Å². The summed E-state index contributed by atoms with van der Waals surface area (Å²) in [6, 6.07) is 20.7. The van der Waals surface area contributed by atoms with Gasteiger partial charge >= 0.3 is 0 Å². The maximum atomic E-state index is 12.5. The molecule has 6 nitrogen and oxygen atoms in total. The van der Waals surface area contributed by atoms with E-state index in [0.29, 0.717) is 34.0 Å². The van der Waals surface area contributed by atoms with Gasteiger partial charge in [0.15, 0.2) is 0 Å². The van der Waals surface area contributed by atoms with Crippen molar-refractivity contribution in [3.63, 3.8) is 0 Å². The second-order valence-corrected chi connectivity index (χ2v) is 5.92. The van der Waals surface area contributed by atoms with Gasteiger partial charge in [0.1, 0.15) is 11.5 Å². The van der Waals surface area contributed by atoms with E-state index in [0.717, 1.165) is 0 Å². The third-order valence-electron chi connectivity index (χ3n) is 4.10. The number of carbonyl (C=O) groups excluding carboxylic acids is 2. The van der Waals surface area contributed by atoms with Gasteiger partial charge in [0.2, 0.25) is 0 Å². The van der Waals surface area contributed by atoms with E-state index in [4.69, 9.17) is 9.47 Å². The number of hydrogen-bond donors (Lipinski definition) is 2. The van der Waals surface area contributed by atoms with Gasteiger partial charge in [0.25, 0.3) is 11.8 Å². The van der Waals surface area contributed by atoms with Gasteiger partial charge in [0.05, 0.1) is 19.9 Å². The molecule has 6 heteroatoms. The topological polar surface area (TPSA) is 76.7 Å². The molecule has 0 radical (unpaired) electrons. The number of hydrogen-bond acceptors (Lipinski definition) is 4. The highest BCUT2D eigenvalue weighted by atomic mass is 16.5. The minimum atomic E-state index is -0.318. The standard InChI is InChI=1S/C22H20N2O4/c1-27-18-12-13-20(28-2)19(14-18)24-22(26)16-10-8-15(9-11-16)21(25)23-17-6-4-3-5-7-17/h3-14H,1-2H3,(H,23,25)(H,24,26). The first-order valence-electron chi connectivity index (χ1n) is 8.60. The van der Waals surface area contributed by atoms with Gasteiger partial charge in [-0.25, -0.2) is 0 Å². The first-order chi connectivity index (χ1) is 13.6. The van der Waals surface area contributed by atoms with Crippen LogP contribution in [-0.2, 0) is 0 Å². The smallest absolute Gasteiger partial charge is 0.255 e. The zero-order chi connectivity index (χ0) is 19.9. The lowest BCUT2D eigenvalue weighted by Gasteiger charge is -2.12. The van der Waals surface area contributed by atoms with Crippen LogP contribution in [0.4, 0.5) is 11.4 Å². The predicted octanol–water partition coefficient (Wildman–Crippen LogP) is 4.21. The van der Waals surface area contributed by atoms with Gasteiger partial charge in [-0.3, -0.25) is 9.59 Å². The number of ether oxygens (including phenoxy) is 2. The summed E-state index contributed by atoms with van der Waals surface area (Å²) in [6.45, 7) is 0. The van der Waals surface area contributed by atoms with Crippen LogP contribution in [0.1, 0.15) is 20.7 Å². The largest absolute Gasteiger partial charge is 0.497 e. The average Bonchev–Trinajstić information content (AvgIpc) is 2.74. The second-order valence-electron chi connectivity index (χ2n) is 5.92. The summed E-state index contributed by atoms with van der Waals surface area (Å²) in [6.07, 6.45) is 0. The predicted molar refractivity (Wildman–Crippen MR) is 108 cm³/mol. The van der Waals surface area contributed by atoms with Gasteiger partial charge in [-0.2, -0.15) is 0 Å². The van der Waals surface area contributed by atoms with Gasteiger partial charge < -0.3 is 20.1 Å². The van der Waals surface area contributed by atoms with Gasteiger partial charge in [-0.15, -0.1) is 0 Å². The molecule has 3 aromatic rings. The van der Waals surface area contributed by atoms with E-state index in [1.807, 2.05) is 18.2 Å². The van der Waals surface area contributed by atoms with Crippen LogP contribution >= 0.6 is 0 Å². The summed E-state index contributed by atoms with van der Waals surface area (Å²) in [5, 5.41) is 5.60. The number of benzene rings is 3. The van der Waals surface area contributed by atoms with E-state index < -0.39 is 0 Å². The van der Waals surface area contributed by atoms with Crippen molar-refractivity contribution in [1.29, 1.82) is 0 Å². The zero-order valence-electron chi connectivity index (χ0n) is 15.6. The molecule has 3 rings (SSSR count). The fourth-order valence-electron chi connectivity index (χ4n) is 2.60. The van der Waals surface area contributed by atoms with Crippen LogP contribution in [0.5, 0.6) is 11.5 Å². The molecular weight excluding hydrogens is 356 g/mol. The lowest BCUT2D eigenvalue weighted by atomic mass is 10.1. The summed E-state index contributed by atoms with van der Waals surface area (Å²) in [7, 11) is 3.07. The fourth-order valence-corrected chi connectivity index (χ4v) is 2.60. The van der Waals surface area contributed by atoms with E-state index >= 15 is 0 Å². The molecule has 0 atom stereocenters. The van der Waals surface area contributed by atoms with Crippen molar-refractivity contribution >= 4 is 23.2 Å². The van der Waals surface area contributed by atoms with E-state index in [-0.39, 0.29) is 11.8 Å². The molecule has 0 aliphatic heterocycles. The second kappa shape index (κ2) is 8.73. The normalized spacial score (nSPS) is 10.1. The monoisotopic (exact) mass is 376 g/mol. The van der Waals surface area contributed by atoms with Crippen molar-refractivity contribution in [3.8, 4) is 11.5 Å². The number of nitrogens with one attached hydrogen (secondary N) is 2. The first-order valence-corrected chi connectivity index (χ1v) is 8.60. The molecule has 0 aliphatic carbocycles. The molecule has 28 heavy (non-hydrogen) atoms. The number of methoxy groups -OCH3 is 2. The van der Waals surface area contributed by atoms with Gasteiger partial charge in [0, 0.05) is 22.9 Å². The van der Waals surface area contributed by atoms with Gasteiger partial charge in [-0.05, 0) is 48.5 Å². The third kappa shape index (κ3) is 4.48. The number of rotatable bonds is 6. The summed E-state index contributed by atoms with van der Waals surface area (Å²) < 4.78 is 10.4. The molecule has 0 bridgehead atoms. The van der Waals surface area contributed by atoms with Crippen molar-refractivity contribution < 1.29 is 19.1 Å². The van der Waals surface area contributed by atoms with Crippen LogP contribution in [0.2, 0.25) is 0 Å². The fraction of sp³-hybridized carbons (Fsp3) is 0.0909. The highest BCUT2D eigenvalue weighted by molar-refractivity contribution is 6.07. The highest BCUT2D eigenvalue weighted by Gasteiger charge is 2.12. The van der Waals surface area contributed by atoms with Crippen LogP contribution in [0.25, 0.3) is 0 Å². The number of anilines is 2. The Labute approximate surface area is 163 Å². The maximum absolute atomic E-state index is 12.5. The Morgan fingerprint density at radius 3 is 1.89 bits per heavy atom. The minimum absolute atomic E-state index is 0.243. The van der Waals surface area contributed by atoms with Crippen molar-refractivity contribution in [2.45, 2.75) is 0 Å². The average molecular weight is 376 g/mol. The molecule has 0 saturated carbocycles. The molecule has 3 aromatic carbocycles. The van der Waals surface area contributed by atoms with E-state index in [9.17, 15) is 9.59 Å². The van der Waals surface area contributed by atoms with Crippen LogP contribution in [-0.4, -0.2) is 26.0 Å². The van der Waals surface area contributed by atoms with Crippen LogP contribution < -0.4 is 20.1 Å². The molecule has 0 heterocycles. The van der Waals surface area contributed by atoms with E-state index in [1.165, 1.54) is 7.11 Å². The molecular formula is C22H20N2O4. The lowest BCUT2D eigenvalue weighted by Crippen LogP contribution is -2.14. The summed E-state index contributed by atoms with van der Waals surface area (Å²) in [5.41, 5.74) is 2.08. The number of carbonyl (C=O) groups is 2. The highest BCUT2D eigenvalue weighted by Crippen LogP contribution is 2.29. The Hall–Kier alpha value is -3.80. The molecule has 0 fully saturated rings. The van der Waals surface area contributed by atoms with Crippen molar-refractivity contribution in [2.24, 2.45) is 0 Å². The van der Waals surface area contributed by atoms with Crippen LogP contribution in [0.3, 0.4) is 0 Å². The third-order valence-corrected chi connectivity index (χ3v) is 4.10. The lowest BCUT2D eigenvalue weighted by molar-refractivity contribution is 0.101. The summed E-state index contributed by atoms with van der Waals surface area (Å²) >= 11 is 0. The molecule has 0 spiro atoms. The number of para-hydroxylation sites is 1. The van der Waals surface area contributed by atoms with E-state index in [2.05, 4.69) is 10.6 Å². The molecule has 142 valence electrons. The first kappa shape index (κ1) is 19.0. The molecule has 0 aliphatic rings. The Morgan fingerprint density at radius 1 is 0.714 bits per heavy atom. The molecule has 0 aromatic heterocycles. The molecule has 2 amide bonds. The zero-order valence-corrected chi connectivity index (χ0v) is 15.6. The molecule has 2 N–H and O–H groups in total. The minimum Gasteiger partial charge on any atom is -0.497 e. The molecule has 0 saturated heterocycles. The summed E-state index contributed by atoms with van der Waals surface area (Å²) in [4.78, 5) is 24.8. The quantitative estimate of drug-likeness (QED) is 0.676. The van der Waals surface area contributed by atoms with Crippen LogP contribution in [0.15, 0.2) is 72.8 Å². The SMILES string of the molecule is COc1ccc(OC)c(NC(=O)c2ccc(C(=O)Nc3ccccc3)cc2)c1. The molecule has 0 unspecified atom stereocenters. The van der Waals surface area contributed by atoms with Gasteiger partial charge in [-0.1, -0.05) is 18.2 Å². The van der Waals surface area contributed by atoms with Crippen molar-refractivity contribution in [3.05, 3.63) is 83.9 Å². The van der Waals surface area contributed by atoms with Crippen LogP contribution in [0, 0.1) is 0 Å². The number of amides is 2. The maximum Gasteiger partial charge on any atom is 0.255 e. The Kier molecular flexibility index (Phi) is 5.91. The van der Waals surface area contributed by atoms with Crippen molar-refractivity contribution in [2.75, 3.05) is 24.9 Å². The Morgan fingerprint density at radius 2 is 1.32 bits per heavy atom. The Bertz CT molecular complexity index is 970. The Balaban J connectivity index is 1.71. The summed E-state index contributed by atoms with van der Waals surface area (Å²) in [5.74, 6) is 0.561.